The van der Waals surface area contributed by atoms with Crippen molar-refractivity contribution in [3.63, 3.8) is 0 Å². The number of Topliss-reactive ketones (excluding diaryl/α,β-unsaturated/α-hetero) is 1. The maximum Gasteiger partial charge on any atom is 0.319 e. The fourth-order valence-corrected chi connectivity index (χ4v) is 1.36. The van der Waals surface area contributed by atoms with Crippen LogP contribution >= 0.6 is 0 Å². The van der Waals surface area contributed by atoms with E-state index in [0.717, 1.165) is 12.1 Å². The minimum atomic E-state index is -1.43. The van der Waals surface area contributed by atoms with E-state index in [1.165, 1.54) is 19.9 Å². The molecule has 0 amide bonds. The van der Waals surface area contributed by atoms with Crippen molar-refractivity contribution in [2.24, 2.45) is 5.41 Å². The normalized spacial score (nSPS) is 11.1. The molecule has 0 atom stereocenters. The second-order valence-corrected chi connectivity index (χ2v) is 4.61. The zero-order valence-corrected chi connectivity index (χ0v) is 11.5. The van der Waals surface area contributed by atoms with Gasteiger partial charge in [-0.25, -0.2) is 8.78 Å². The summed E-state index contributed by atoms with van der Waals surface area (Å²) in [5, 5.41) is 0. The van der Waals surface area contributed by atoms with Gasteiger partial charge in [0.05, 0.1) is 6.61 Å². The van der Waals surface area contributed by atoms with Crippen molar-refractivity contribution in [2.45, 2.75) is 20.8 Å². The Labute approximate surface area is 115 Å². The number of esters is 1. The van der Waals surface area contributed by atoms with Crippen molar-refractivity contribution in [1.82, 2.24) is 0 Å². The Morgan fingerprint density at radius 2 is 1.75 bits per heavy atom. The third-order valence-electron chi connectivity index (χ3n) is 2.75. The molecule has 0 bridgehead atoms. The van der Waals surface area contributed by atoms with E-state index in [2.05, 4.69) is 0 Å². The van der Waals surface area contributed by atoms with Crippen LogP contribution in [0.15, 0.2) is 18.2 Å². The van der Waals surface area contributed by atoms with Crippen LogP contribution in [-0.2, 0) is 14.3 Å². The summed E-state index contributed by atoms with van der Waals surface area (Å²) in [6.45, 7) is 3.87. The fourth-order valence-electron chi connectivity index (χ4n) is 1.36. The SMILES string of the molecule is CCOC(=O)C(C)(C)C(=O)COc1c(F)cccc1F. The molecule has 0 aliphatic heterocycles. The second kappa shape index (κ2) is 6.45. The van der Waals surface area contributed by atoms with Crippen molar-refractivity contribution < 1.29 is 27.8 Å². The van der Waals surface area contributed by atoms with E-state index in [-0.39, 0.29) is 6.61 Å². The summed E-state index contributed by atoms with van der Waals surface area (Å²) in [6, 6.07) is 3.21. The lowest BCUT2D eigenvalue weighted by Gasteiger charge is -2.20. The zero-order valence-electron chi connectivity index (χ0n) is 11.5. The number of halogens is 2. The zero-order chi connectivity index (χ0) is 15.3. The molecule has 0 radical (unpaired) electrons. The average Bonchev–Trinajstić information content (AvgIpc) is 2.38. The summed E-state index contributed by atoms with van der Waals surface area (Å²) in [5.41, 5.74) is -1.43. The number of carbonyl (C=O) groups excluding carboxylic acids is 2. The molecule has 20 heavy (non-hydrogen) atoms. The standard InChI is InChI=1S/C14H16F2O4/c1-4-19-13(18)14(2,3)11(17)8-20-12-9(15)6-5-7-10(12)16/h5-7H,4,8H2,1-3H3. The van der Waals surface area contributed by atoms with Gasteiger partial charge in [0.25, 0.3) is 0 Å². The minimum Gasteiger partial charge on any atom is -0.480 e. The highest BCUT2D eigenvalue weighted by Gasteiger charge is 2.37. The lowest BCUT2D eigenvalue weighted by Crippen LogP contribution is -2.38. The van der Waals surface area contributed by atoms with Gasteiger partial charge in [-0.2, -0.15) is 0 Å². The van der Waals surface area contributed by atoms with Crippen molar-refractivity contribution in [1.29, 1.82) is 0 Å². The molecule has 4 nitrogen and oxygen atoms in total. The van der Waals surface area contributed by atoms with E-state index < -0.39 is 41.2 Å². The first-order valence-corrected chi connectivity index (χ1v) is 6.08. The summed E-state index contributed by atoms with van der Waals surface area (Å²) in [7, 11) is 0. The van der Waals surface area contributed by atoms with E-state index in [4.69, 9.17) is 9.47 Å². The minimum absolute atomic E-state index is 0.137. The molecule has 0 N–H and O–H groups in total. The Bertz CT molecular complexity index is 492. The molecule has 0 spiro atoms. The van der Waals surface area contributed by atoms with Crippen LogP contribution in [-0.4, -0.2) is 25.0 Å². The number of hydrogen-bond donors (Lipinski definition) is 0. The number of hydrogen-bond acceptors (Lipinski definition) is 4. The van der Waals surface area contributed by atoms with Gasteiger partial charge in [0.1, 0.15) is 12.0 Å². The topological polar surface area (TPSA) is 52.6 Å². The van der Waals surface area contributed by atoms with Crippen LogP contribution in [0, 0.1) is 17.0 Å². The number of carbonyl (C=O) groups is 2. The molecule has 0 saturated heterocycles. The predicted octanol–water partition coefficient (Wildman–Crippen LogP) is 2.50. The van der Waals surface area contributed by atoms with Gasteiger partial charge in [-0.15, -0.1) is 0 Å². The van der Waals surface area contributed by atoms with E-state index >= 15 is 0 Å². The summed E-state index contributed by atoms with van der Waals surface area (Å²) < 4.78 is 36.2. The van der Waals surface area contributed by atoms with E-state index in [1.807, 2.05) is 0 Å². The predicted molar refractivity (Wildman–Crippen MR) is 67.3 cm³/mol. The Kier molecular flexibility index (Phi) is 5.19. The van der Waals surface area contributed by atoms with Crippen molar-refractivity contribution in [3.8, 4) is 5.75 Å². The van der Waals surface area contributed by atoms with Gasteiger partial charge in [0.15, 0.2) is 23.2 Å². The van der Waals surface area contributed by atoms with Crippen LogP contribution in [0.4, 0.5) is 8.78 Å². The molecule has 1 aromatic rings. The molecule has 0 aliphatic carbocycles. The average molecular weight is 286 g/mol. The summed E-state index contributed by atoms with van der Waals surface area (Å²) >= 11 is 0. The highest BCUT2D eigenvalue weighted by atomic mass is 19.1. The van der Waals surface area contributed by atoms with Crippen LogP contribution in [0.25, 0.3) is 0 Å². The molecule has 110 valence electrons. The van der Waals surface area contributed by atoms with E-state index in [1.54, 1.807) is 6.92 Å². The quantitative estimate of drug-likeness (QED) is 0.595. The molecular formula is C14H16F2O4. The maximum absolute atomic E-state index is 13.3. The lowest BCUT2D eigenvalue weighted by atomic mass is 9.88. The molecular weight excluding hydrogens is 270 g/mol. The number of ether oxygens (including phenoxy) is 2. The van der Waals surface area contributed by atoms with Crippen LogP contribution in [0.3, 0.4) is 0 Å². The Balaban J connectivity index is 2.75. The van der Waals surface area contributed by atoms with Gasteiger partial charge in [0, 0.05) is 0 Å². The number of rotatable bonds is 6. The lowest BCUT2D eigenvalue weighted by molar-refractivity contribution is -0.158. The van der Waals surface area contributed by atoms with E-state index in [0.29, 0.717) is 0 Å². The Morgan fingerprint density at radius 3 is 2.25 bits per heavy atom. The molecule has 6 heteroatoms. The number of ketones is 1. The van der Waals surface area contributed by atoms with Gasteiger partial charge < -0.3 is 9.47 Å². The number of benzene rings is 1. The van der Waals surface area contributed by atoms with Crippen molar-refractivity contribution >= 4 is 11.8 Å². The Hall–Kier alpha value is -1.98. The van der Waals surface area contributed by atoms with Crippen molar-refractivity contribution in [3.05, 3.63) is 29.8 Å². The second-order valence-electron chi connectivity index (χ2n) is 4.61. The van der Waals surface area contributed by atoms with Gasteiger partial charge in [-0.05, 0) is 32.9 Å². The van der Waals surface area contributed by atoms with Gasteiger partial charge in [-0.3, -0.25) is 9.59 Å². The van der Waals surface area contributed by atoms with Crippen LogP contribution in [0.1, 0.15) is 20.8 Å². The third kappa shape index (κ3) is 3.53. The molecule has 0 unspecified atom stereocenters. The van der Waals surface area contributed by atoms with Gasteiger partial charge in [-0.1, -0.05) is 6.07 Å². The summed E-state index contributed by atoms with van der Waals surface area (Å²) in [5.74, 6) is -3.79. The molecule has 1 rings (SSSR count). The fraction of sp³-hybridized carbons (Fsp3) is 0.429. The smallest absolute Gasteiger partial charge is 0.319 e. The molecule has 0 fully saturated rings. The first kappa shape index (κ1) is 16.1. The largest absolute Gasteiger partial charge is 0.480 e. The van der Waals surface area contributed by atoms with Crippen LogP contribution in [0.2, 0.25) is 0 Å². The van der Waals surface area contributed by atoms with Crippen LogP contribution < -0.4 is 4.74 Å². The van der Waals surface area contributed by atoms with Crippen molar-refractivity contribution in [2.75, 3.05) is 13.2 Å². The monoisotopic (exact) mass is 286 g/mol. The first-order valence-electron chi connectivity index (χ1n) is 6.08. The molecule has 0 saturated carbocycles. The van der Waals surface area contributed by atoms with Crippen LogP contribution in [0.5, 0.6) is 5.75 Å². The molecule has 0 aromatic heterocycles. The first-order chi connectivity index (χ1) is 9.30. The number of para-hydroxylation sites is 1. The van der Waals surface area contributed by atoms with E-state index in [9.17, 15) is 18.4 Å². The van der Waals surface area contributed by atoms with Gasteiger partial charge in [0.2, 0.25) is 0 Å². The third-order valence-corrected chi connectivity index (χ3v) is 2.75. The van der Waals surface area contributed by atoms with Gasteiger partial charge >= 0.3 is 5.97 Å². The molecule has 0 aliphatic rings. The molecule has 0 heterocycles. The highest BCUT2D eigenvalue weighted by Crippen LogP contribution is 2.23. The maximum atomic E-state index is 13.3. The Morgan fingerprint density at radius 1 is 1.20 bits per heavy atom. The highest BCUT2D eigenvalue weighted by molar-refractivity contribution is 6.03. The summed E-state index contributed by atoms with van der Waals surface area (Å²) in [4.78, 5) is 23.5. The summed E-state index contributed by atoms with van der Waals surface area (Å²) in [6.07, 6.45) is 0. The molecule has 1 aromatic carbocycles.